The Morgan fingerprint density at radius 1 is 1.07 bits per heavy atom. The first-order chi connectivity index (χ1) is 13.5. The third-order valence-electron chi connectivity index (χ3n) is 5.47. The van der Waals surface area contributed by atoms with Gasteiger partial charge in [-0.25, -0.2) is 9.67 Å². The molecule has 29 heavy (non-hydrogen) atoms. The van der Waals surface area contributed by atoms with Crippen LogP contribution in [0.15, 0.2) is 18.2 Å². The zero-order chi connectivity index (χ0) is 21.5. The van der Waals surface area contributed by atoms with Crippen molar-refractivity contribution in [3.63, 3.8) is 0 Å². The summed E-state index contributed by atoms with van der Waals surface area (Å²) in [6.07, 6.45) is 1.09. The first-order valence-corrected chi connectivity index (χ1v) is 10.2. The van der Waals surface area contributed by atoms with Crippen molar-refractivity contribution in [1.82, 2.24) is 14.8 Å². The van der Waals surface area contributed by atoms with Crippen molar-refractivity contribution in [2.75, 3.05) is 5.32 Å². The van der Waals surface area contributed by atoms with E-state index in [1.807, 2.05) is 37.6 Å². The highest BCUT2D eigenvalue weighted by molar-refractivity contribution is 5.92. The van der Waals surface area contributed by atoms with Gasteiger partial charge in [-0.05, 0) is 84.6 Å². The van der Waals surface area contributed by atoms with Crippen LogP contribution in [0.5, 0.6) is 0 Å². The van der Waals surface area contributed by atoms with E-state index in [0.29, 0.717) is 12.8 Å². The van der Waals surface area contributed by atoms with Gasteiger partial charge in [-0.1, -0.05) is 17.7 Å². The number of benzene rings is 1. The number of nitrogens with one attached hydrogen (secondary N) is 1. The molecule has 1 amide bonds. The summed E-state index contributed by atoms with van der Waals surface area (Å²) in [4.78, 5) is 17.4. The number of carbonyl (C=O) groups excluding carboxylic acids is 1. The lowest BCUT2D eigenvalue weighted by molar-refractivity contribution is -0.116. The average Bonchev–Trinajstić information content (AvgIpc) is 2.94. The van der Waals surface area contributed by atoms with Crippen molar-refractivity contribution in [2.24, 2.45) is 0 Å². The number of pyridine rings is 1. The molecule has 3 rings (SSSR count). The lowest BCUT2D eigenvalue weighted by Gasteiger charge is -2.20. The quantitative estimate of drug-likeness (QED) is 0.655. The van der Waals surface area contributed by atoms with E-state index >= 15 is 0 Å². The Kier molecular flexibility index (Phi) is 5.52. The predicted molar refractivity (Wildman–Crippen MR) is 120 cm³/mol. The van der Waals surface area contributed by atoms with Crippen LogP contribution in [-0.4, -0.2) is 20.7 Å². The van der Waals surface area contributed by atoms with Crippen molar-refractivity contribution in [3.8, 4) is 0 Å². The van der Waals surface area contributed by atoms with Crippen LogP contribution in [0.1, 0.15) is 60.8 Å². The minimum atomic E-state index is -0.133. The van der Waals surface area contributed by atoms with Crippen molar-refractivity contribution >= 4 is 22.6 Å². The zero-order valence-electron chi connectivity index (χ0n) is 18.9. The lowest BCUT2D eigenvalue weighted by Crippen LogP contribution is -2.23. The summed E-state index contributed by atoms with van der Waals surface area (Å²) in [5.41, 5.74) is 8.23. The summed E-state index contributed by atoms with van der Waals surface area (Å²) in [5.74, 6) is 0.0259. The van der Waals surface area contributed by atoms with Crippen LogP contribution in [0.3, 0.4) is 0 Å². The average molecular weight is 393 g/mol. The fourth-order valence-electron chi connectivity index (χ4n) is 3.95. The van der Waals surface area contributed by atoms with Gasteiger partial charge in [0, 0.05) is 23.2 Å². The molecular formula is C24H32N4O. The Balaban J connectivity index is 1.85. The van der Waals surface area contributed by atoms with Gasteiger partial charge in [0.15, 0.2) is 5.65 Å². The molecule has 5 heteroatoms. The molecule has 0 fully saturated rings. The van der Waals surface area contributed by atoms with Crippen LogP contribution >= 0.6 is 0 Å². The van der Waals surface area contributed by atoms with Crippen LogP contribution < -0.4 is 5.32 Å². The van der Waals surface area contributed by atoms with Gasteiger partial charge in [0.05, 0.1) is 11.2 Å². The van der Waals surface area contributed by atoms with Gasteiger partial charge in [-0.15, -0.1) is 0 Å². The van der Waals surface area contributed by atoms with Crippen LogP contribution in [0.25, 0.3) is 11.0 Å². The van der Waals surface area contributed by atoms with Crippen LogP contribution in [0.4, 0.5) is 5.69 Å². The second-order valence-corrected chi connectivity index (χ2v) is 9.03. The van der Waals surface area contributed by atoms with E-state index < -0.39 is 0 Å². The lowest BCUT2D eigenvalue weighted by atomic mass is 9.99. The van der Waals surface area contributed by atoms with Crippen LogP contribution in [-0.2, 0) is 16.8 Å². The molecule has 0 saturated heterocycles. The molecule has 1 N–H and O–H groups in total. The molecule has 0 aliphatic carbocycles. The fourth-order valence-corrected chi connectivity index (χ4v) is 3.95. The molecule has 0 atom stereocenters. The highest BCUT2D eigenvalue weighted by Gasteiger charge is 2.23. The van der Waals surface area contributed by atoms with Gasteiger partial charge in [-0.2, -0.15) is 5.10 Å². The van der Waals surface area contributed by atoms with Gasteiger partial charge >= 0.3 is 0 Å². The van der Waals surface area contributed by atoms with Crippen LogP contribution in [0.2, 0.25) is 0 Å². The second kappa shape index (κ2) is 7.62. The topological polar surface area (TPSA) is 59.8 Å². The number of nitrogens with zero attached hydrogens (tertiary/aromatic N) is 3. The summed E-state index contributed by atoms with van der Waals surface area (Å²) < 4.78 is 2.01. The fraction of sp³-hybridized carbons (Fsp3) is 0.458. The van der Waals surface area contributed by atoms with Gasteiger partial charge in [-0.3, -0.25) is 4.79 Å². The molecule has 154 valence electrons. The Hall–Kier alpha value is -2.69. The van der Waals surface area contributed by atoms with E-state index in [0.717, 1.165) is 39.2 Å². The normalized spacial score (nSPS) is 11.9. The molecule has 0 spiro atoms. The molecule has 0 saturated carbocycles. The van der Waals surface area contributed by atoms with E-state index in [9.17, 15) is 4.79 Å². The number of hydrogen-bond acceptors (Lipinski definition) is 3. The van der Waals surface area contributed by atoms with E-state index in [2.05, 4.69) is 46.0 Å². The number of hydrogen-bond donors (Lipinski definition) is 1. The van der Waals surface area contributed by atoms with E-state index in [1.165, 1.54) is 11.1 Å². The molecule has 0 radical (unpaired) electrons. The van der Waals surface area contributed by atoms with Gasteiger partial charge in [0.2, 0.25) is 5.91 Å². The Bertz CT molecular complexity index is 1090. The number of anilines is 1. The molecule has 3 aromatic rings. The van der Waals surface area contributed by atoms with Gasteiger partial charge < -0.3 is 5.32 Å². The predicted octanol–water partition coefficient (Wildman–Crippen LogP) is 5.30. The van der Waals surface area contributed by atoms with E-state index in [-0.39, 0.29) is 11.4 Å². The number of carbonyl (C=O) groups is 1. The van der Waals surface area contributed by atoms with E-state index in [1.54, 1.807) is 0 Å². The molecule has 5 nitrogen and oxygen atoms in total. The summed E-state index contributed by atoms with van der Waals surface area (Å²) >= 11 is 0. The number of rotatable bonds is 4. The van der Waals surface area contributed by atoms with Gasteiger partial charge in [0.25, 0.3) is 0 Å². The number of aromatic nitrogens is 3. The van der Waals surface area contributed by atoms with Crippen molar-refractivity contribution in [2.45, 2.75) is 73.8 Å². The maximum atomic E-state index is 12.6. The second-order valence-electron chi connectivity index (χ2n) is 9.03. The van der Waals surface area contributed by atoms with Crippen LogP contribution in [0, 0.1) is 34.6 Å². The SMILES string of the molecule is Cc1ccc(NC(=O)CCc2c(C)nc3c(c(C)nn3C(C)(C)C)c2C)c(C)c1. The maximum Gasteiger partial charge on any atom is 0.224 e. The van der Waals surface area contributed by atoms with Crippen molar-refractivity contribution in [3.05, 3.63) is 51.8 Å². The minimum Gasteiger partial charge on any atom is -0.326 e. The van der Waals surface area contributed by atoms with Crippen molar-refractivity contribution < 1.29 is 4.79 Å². The standard InChI is InChI=1S/C24H32N4O/c1-14-9-11-20(15(2)13-14)26-21(29)12-10-19-16(3)22-18(5)27-28(24(6,7)8)23(22)25-17(19)4/h9,11,13H,10,12H2,1-8H3,(H,26,29). The smallest absolute Gasteiger partial charge is 0.224 e. The summed E-state index contributed by atoms with van der Waals surface area (Å²) in [6, 6.07) is 6.07. The largest absolute Gasteiger partial charge is 0.326 e. The Morgan fingerprint density at radius 3 is 2.38 bits per heavy atom. The van der Waals surface area contributed by atoms with E-state index in [4.69, 9.17) is 10.1 Å². The number of fused-ring (bicyclic) bond motifs is 1. The third kappa shape index (κ3) is 4.19. The minimum absolute atomic E-state index is 0.0259. The summed E-state index contributed by atoms with van der Waals surface area (Å²) in [5, 5.41) is 8.90. The molecule has 0 aliphatic rings. The molecule has 0 bridgehead atoms. The monoisotopic (exact) mass is 392 g/mol. The highest BCUT2D eigenvalue weighted by atomic mass is 16.1. The molecule has 2 heterocycles. The van der Waals surface area contributed by atoms with Crippen molar-refractivity contribution in [1.29, 1.82) is 0 Å². The molecule has 2 aromatic heterocycles. The maximum absolute atomic E-state index is 12.6. The first-order valence-electron chi connectivity index (χ1n) is 10.2. The molecule has 0 unspecified atom stereocenters. The Labute approximate surface area is 173 Å². The molecule has 0 aliphatic heterocycles. The number of amides is 1. The number of aryl methyl sites for hydroxylation is 5. The third-order valence-corrected chi connectivity index (χ3v) is 5.47. The molecule has 1 aromatic carbocycles. The Morgan fingerprint density at radius 2 is 1.76 bits per heavy atom. The summed E-state index contributed by atoms with van der Waals surface area (Å²) in [6.45, 7) is 16.7. The zero-order valence-corrected chi connectivity index (χ0v) is 18.9. The molecular weight excluding hydrogens is 360 g/mol. The highest BCUT2D eigenvalue weighted by Crippen LogP contribution is 2.29. The summed E-state index contributed by atoms with van der Waals surface area (Å²) in [7, 11) is 0. The van der Waals surface area contributed by atoms with Gasteiger partial charge in [0.1, 0.15) is 0 Å². The first kappa shape index (κ1) is 21.0.